The van der Waals surface area contributed by atoms with Gasteiger partial charge in [0.1, 0.15) is 6.61 Å². The van der Waals surface area contributed by atoms with Crippen molar-refractivity contribution in [2.24, 2.45) is 0 Å². The molecule has 0 unspecified atom stereocenters. The summed E-state index contributed by atoms with van der Waals surface area (Å²) in [6.07, 6.45) is -3.61. The Kier molecular flexibility index (Phi) is 3.87. The zero-order valence-corrected chi connectivity index (χ0v) is 9.42. The molecule has 84 valence electrons. The summed E-state index contributed by atoms with van der Waals surface area (Å²) < 4.78 is 35.3. The Morgan fingerprint density at radius 2 is 2.07 bits per heavy atom. The first kappa shape index (κ1) is 12.2. The SMILES string of the molecule is COc1cc(Br)ccc1OC(F)(F)CO. The van der Waals surface area contributed by atoms with Crippen molar-refractivity contribution < 1.29 is 23.4 Å². The summed E-state index contributed by atoms with van der Waals surface area (Å²) in [7, 11) is 1.34. The summed E-state index contributed by atoms with van der Waals surface area (Å²) in [5.41, 5.74) is 0. The number of rotatable bonds is 4. The summed E-state index contributed by atoms with van der Waals surface area (Å²) in [6, 6.07) is 4.35. The molecule has 1 rings (SSSR count). The van der Waals surface area contributed by atoms with Crippen LogP contribution in [-0.2, 0) is 0 Å². The maximum absolute atomic E-state index is 12.7. The van der Waals surface area contributed by atoms with Gasteiger partial charge >= 0.3 is 6.11 Å². The fourth-order valence-electron chi connectivity index (χ4n) is 0.919. The van der Waals surface area contributed by atoms with E-state index in [9.17, 15) is 8.78 Å². The molecule has 6 heteroatoms. The van der Waals surface area contributed by atoms with E-state index in [2.05, 4.69) is 20.7 Å². The van der Waals surface area contributed by atoms with Gasteiger partial charge in [0.25, 0.3) is 0 Å². The van der Waals surface area contributed by atoms with E-state index in [1.165, 1.54) is 25.3 Å². The molecule has 0 saturated carbocycles. The Bertz CT molecular complexity index is 344. The maximum atomic E-state index is 12.7. The van der Waals surface area contributed by atoms with Crippen molar-refractivity contribution in [3.63, 3.8) is 0 Å². The molecule has 1 N–H and O–H groups in total. The minimum atomic E-state index is -3.61. The molecule has 1 aromatic rings. The monoisotopic (exact) mass is 282 g/mol. The Hall–Kier alpha value is -0.880. The highest BCUT2D eigenvalue weighted by Gasteiger charge is 2.31. The van der Waals surface area contributed by atoms with Crippen molar-refractivity contribution in [1.82, 2.24) is 0 Å². The lowest BCUT2D eigenvalue weighted by Crippen LogP contribution is -2.29. The summed E-state index contributed by atoms with van der Waals surface area (Å²) in [5.74, 6) is 0.0391. The number of aliphatic hydroxyl groups is 1. The fourth-order valence-corrected chi connectivity index (χ4v) is 1.26. The summed E-state index contributed by atoms with van der Waals surface area (Å²) in [5, 5.41) is 8.35. The van der Waals surface area contributed by atoms with Crippen molar-refractivity contribution >= 4 is 15.9 Å². The third-order valence-electron chi connectivity index (χ3n) is 1.57. The van der Waals surface area contributed by atoms with Crippen molar-refractivity contribution in [3.05, 3.63) is 22.7 Å². The summed E-state index contributed by atoms with van der Waals surface area (Å²) in [6.45, 7) is -1.38. The predicted octanol–water partition coefficient (Wildman–Crippen LogP) is 2.42. The molecular formula is C9H9BrF2O3. The predicted molar refractivity (Wildman–Crippen MR) is 53.4 cm³/mol. The molecule has 0 spiro atoms. The van der Waals surface area contributed by atoms with Crippen LogP contribution >= 0.6 is 15.9 Å². The molecule has 0 aromatic heterocycles. The molecule has 0 atom stereocenters. The van der Waals surface area contributed by atoms with Gasteiger partial charge in [0.2, 0.25) is 0 Å². The van der Waals surface area contributed by atoms with Crippen molar-refractivity contribution in [2.75, 3.05) is 13.7 Å². The molecule has 0 amide bonds. The van der Waals surface area contributed by atoms with E-state index in [0.29, 0.717) is 4.47 Å². The molecular weight excluding hydrogens is 274 g/mol. The van der Waals surface area contributed by atoms with Crippen molar-refractivity contribution in [2.45, 2.75) is 6.11 Å². The molecule has 0 fully saturated rings. The van der Waals surface area contributed by atoms with Crippen LogP contribution in [0.5, 0.6) is 11.5 Å². The normalized spacial score (nSPS) is 11.3. The van der Waals surface area contributed by atoms with Gasteiger partial charge in [-0.3, -0.25) is 0 Å². The van der Waals surface area contributed by atoms with Crippen LogP contribution in [0.1, 0.15) is 0 Å². The van der Waals surface area contributed by atoms with E-state index >= 15 is 0 Å². The second-order valence-corrected chi connectivity index (χ2v) is 3.61. The smallest absolute Gasteiger partial charge is 0.421 e. The van der Waals surface area contributed by atoms with E-state index in [1.807, 2.05) is 0 Å². The van der Waals surface area contributed by atoms with Gasteiger partial charge in [-0.15, -0.1) is 0 Å². The molecule has 15 heavy (non-hydrogen) atoms. The van der Waals surface area contributed by atoms with Crippen LogP contribution in [0, 0.1) is 0 Å². The third-order valence-corrected chi connectivity index (χ3v) is 2.06. The van der Waals surface area contributed by atoms with E-state index in [4.69, 9.17) is 9.84 Å². The largest absolute Gasteiger partial charge is 0.493 e. The molecule has 1 aromatic carbocycles. The summed E-state index contributed by atoms with van der Waals surface area (Å²) in [4.78, 5) is 0. The molecule has 0 aliphatic rings. The lowest BCUT2D eigenvalue weighted by Gasteiger charge is -2.17. The van der Waals surface area contributed by atoms with E-state index in [0.717, 1.165) is 0 Å². The fraction of sp³-hybridized carbons (Fsp3) is 0.333. The minimum absolute atomic E-state index is 0.125. The first-order valence-electron chi connectivity index (χ1n) is 4.00. The van der Waals surface area contributed by atoms with E-state index in [1.54, 1.807) is 0 Å². The van der Waals surface area contributed by atoms with Crippen LogP contribution in [0.25, 0.3) is 0 Å². The Morgan fingerprint density at radius 3 is 2.60 bits per heavy atom. The second kappa shape index (κ2) is 4.76. The first-order chi connectivity index (χ1) is 6.98. The Morgan fingerprint density at radius 1 is 1.40 bits per heavy atom. The second-order valence-electron chi connectivity index (χ2n) is 2.69. The molecule has 0 aliphatic carbocycles. The average Bonchev–Trinajstić information content (AvgIpc) is 2.20. The highest BCUT2D eigenvalue weighted by Crippen LogP contribution is 2.33. The third kappa shape index (κ3) is 3.32. The minimum Gasteiger partial charge on any atom is -0.493 e. The van der Waals surface area contributed by atoms with E-state index < -0.39 is 12.7 Å². The molecule has 0 bridgehead atoms. The van der Waals surface area contributed by atoms with Gasteiger partial charge in [0.05, 0.1) is 7.11 Å². The van der Waals surface area contributed by atoms with Gasteiger partial charge in [-0.25, -0.2) is 0 Å². The maximum Gasteiger partial charge on any atom is 0.421 e. The van der Waals surface area contributed by atoms with Gasteiger partial charge < -0.3 is 14.6 Å². The lowest BCUT2D eigenvalue weighted by atomic mass is 10.3. The van der Waals surface area contributed by atoms with Crippen LogP contribution in [0.15, 0.2) is 22.7 Å². The lowest BCUT2D eigenvalue weighted by molar-refractivity contribution is -0.201. The Balaban J connectivity index is 2.94. The number of halogens is 3. The van der Waals surface area contributed by atoms with Gasteiger partial charge in [0.15, 0.2) is 11.5 Å². The number of ether oxygens (including phenoxy) is 2. The number of benzene rings is 1. The zero-order valence-electron chi connectivity index (χ0n) is 7.84. The molecule has 0 saturated heterocycles. The Labute approximate surface area is 93.7 Å². The highest BCUT2D eigenvalue weighted by molar-refractivity contribution is 9.10. The van der Waals surface area contributed by atoms with Crippen LogP contribution in [-0.4, -0.2) is 24.9 Å². The number of alkyl halides is 2. The van der Waals surface area contributed by atoms with Crippen molar-refractivity contribution in [1.29, 1.82) is 0 Å². The number of hydrogen-bond donors (Lipinski definition) is 1. The topological polar surface area (TPSA) is 38.7 Å². The number of methoxy groups -OCH3 is 1. The molecule has 0 aliphatic heterocycles. The number of hydrogen-bond acceptors (Lipinski definition) is 3. The van der Waals surface area contributed by atoms with Crippen molar-refractivity contribution in [3.8, 4) is 11.5 Å². The van der Waals surface area contributed by atoms with Gasteiger partial charge in [-0.05, 0) is 18.2 Å². The van der Waals surface area contributed by atoms with Gasteiger partial charge in [-0.1, -0.05) is 15.9 Å². The van der Waals surface area contributed by atoms with Crippen LogP contribution in [0.3, 0.4) is 0 Å². The molecule has 3 nitrogen and oxygen atoms in total. The highest BCUT2D eigenvalue weighted by atomic mass is 79.9. The quantitative estimate of drug-likeness (QED) is 0.922. The van der Waals surface area contributed by atoms with Gasteiger partial charge in [-0.2, -0.15) is 8.78 Å². The molecule has 0 heterocycles. The summed E-state index contributed by atoms with van der Waals surface area (Å²) >= 11 is 3.16. The average molecular weight is 283 g/mol. The van der Waals surface area contributed by atoms with Crippen LogP contribution in [0.4, 0.5) is 8.78 Å². The standard InChI is InChI=1S/C9H9BrF2O3/c1-14-8-4-6(10)2-3-7(8)15-9(11,12)5-13/h2-4,13H,5H2,1H3. The van der Waals surface area contributed by atoms with Crippen LogP contribution in [0.2, 0.25) is 0 Å². The van der Waals surface area contributed by atoms with E-state index in [-0.39, 0.29) is 11.5 Å². The van der Waals surface area contributed by atoms with Gasteiger partial charge in [0, 0.05) is 4.47 Å². The first-order valence-corrected chi connectivity index (χ1v) is 4.79. The number of aliphatic hydroxyl groups excluding tert-OH is 1. The zero-order chi connectivity index (χ0) is 11.5. The van der Waals surface area contributed by atoms with Crippen LogP contribution < -0.4 is 9.47 Å². The molecule has 0 radical (unpaired) electrons.